The molecule has 1 aromatic carbocycles. The molecule has 1 rings (SSSR count). The van der Waals surface area contributed by atoms with Gasteiger partial charge in [-0.3, -0.25) is 4.79 Å². The monoisotopic (exact) mass is 315 g/mol. The van der Waals surface area contributed by atoms with Gasteiger partial charge in [-0.05, 0) is 46.0 Å². The van der Waals surface area contributed by atoms with E-state index in [-0.39, 0.29) is 11.3 Å². The lowest BCUT2D eigenvalue weighted by Crippen LogP contribution is -2.27. The van der Waals surface area contributed by atoms with Crippen LogP contribution < -0.4 is 5.32 Å². The second kappa shape index (κ2) is 5.91. The minimum Gasteiger partial charge on any atom is -0.352 e. The van der Waals surface area contributed by atoms with Gasteiger partial charge in [0.05, 0.1) is 5.56 Å². The molecule has 4 heteroatoms. The first-order chi connectivity index (χ1) is 7.79. The van der Waals surface area contributed by atoms with Crippen LogP contribution in [0.25, 0.3) is 0 Å². The molecule has 0 unspecified atom stereocenters. The quantitative estimate of drug-likeness (QED) is 0.814. The first-order valence-corrected chi connectivity index (χ1v) is 6.80. The van der Waals surface area contributed by atoms with E-state index in [4.69, 9.17) is 0 Å². The van der Waals surface area contributed by atoms with Crippen LogP contribution in [-0.4, -0.2) is 12.5 Å². The molecule has 2 nitrogen and oxygen atoms in total. The van der Waals surface area contributed by atoms with Crippen molar-refractivity contribution < 1.29 is 4.79 Å². The minimum atomic E-state index is -0.0583. The molecule has 0 aromatic heterocycles. The van der Waals surface area contributed by atoms with Crippen LogP contribution in [-0.2, 0) is 0 Å². The lowest BCUT2D eigenvalue weighted by molar-refractivity contribution is 0.0948. The summed E-state index contributed by atoms with van der Waals surface area (Å²) in [6.45, 7) is 7.15. The highest BCUT2D eigenvalue weighted by Crippen LogP contribution is 2.21. The summed E-state index contributed by atoms with van der Waals surface area (Å²) in [6.07, 6.45) is 0.955. The standard InChI is InChI=1S/C13H18BrNOS/c1-13(2,3)6-7-15-12(16)10-8-9(17)4-5-11(10)14/h4-5,8,17H,6-7H2,1-3H3,(H,15,16). The number of carbonyl (C=O) groups excluding carboxylic acids is 1. The Morgan fingerprint density at radius 1 is 1.41 bits per heavy atom. The normalized spacial score (nSPS) is 11.4. The van der Waals surface area contributed by atoms with E-state index in [1.807, 2.05) is 12.1 Å². The number of amides is 1. The number of hydrogen-bond donors (Lipinski definition) is 2. The number of benzene rings is 1. The Labute approximate surface area is 117 Å². The zero-order valence-electron chi connectivity index (χ0n) is 10.4. The van der Waals surface area contributed by atoms with Gasteiger partial charge < -0.3 is 5.32 Å². The Hall–Kier alpha value is -0.480. The summed E-state index contributed by atoms with van der Waals surface area (Å²) >= 11 is 7.60. The van der Waals surface area contributed by atoms with Gasteiger partial charge in [0.1, 0.15) is 0 Å². The van der Waals surface area contributed by atoms with Crippen molar-refractivity contribution in [2.45, 2.75) is 32.1 Å². The highest BCUT2D eigenvalue weighted by molar-refractivity contribution is 9.10. The molecular formula is C13H18BrNOS. The Balaban J connectivity index is 2.61. The van der Waals surface area contributed by atoms with Crippen molar-refractivity contribution in [3.63, 3.8) is 0 Å². The first-order valence-electron chi connectivity index (χ1n) is 5.56. The molecule has 0 spiro atoms. The Morgan fingerprint density at radius 3 is 2.65 bits per heavy atom. The maximum absolute atomic E-state index is 11.9. The van der Waals surface area contributed by atoms with Crippen molar-refractivity contribution in [1.29, 1.82) is 0 Å². The molecule has 0 aliphatic rings. The van der Waals surface area contributed by atoms with Crippen LogP contribution in [0.1, 0.15) is 37.6 Å². The van der Waals surface area contributed by atoms with Gasteiger partial charge in [-0.15, -0.1) is 12.6 Å². The van der Waals surface area contributed by atoms with Gasteiger partial charge in [-0.25, -0.2) is 0 Å². The van der Waals surface area contributed by atoms with Gasteiger partial charge in [-0.2, -0.15) is 0 Å². The van der Waals surface area contributed by atoms with Crippen LogP contribution in [0.5, 0.6) is 0 Å². The van der Waals surface area contributed by atoms with Crippen LogP contribution in [0.3, 0.4) is 0 Å². The van der Waals surface area contributed by atoms with Gasteiger partial charge >= 0.3 is 0 Å². The second-order valence-corrected chi connectivity index (χ2v) is 6.60. The molecule has 0 saturated carbocycles. The predicted octanol–water partition coefficient (Wildman–Crippen LogP) is 3.90. The fourth-order valence-corrected chi connectivity index (χ4v) is 1.96. The molecule has 1 amide bonds. The molecule has 0 aliphatic carbocycles. The number of carbonyl (C=O) groups is 1. The third kappa shape index (κ3) is 5.13. The van der Waals surface area contributed by atoms with Crippen LogP contribution >= 0.6 is 28.6 Å². The molecule has 0 atom stereocenters. The predicted molar refractivity (Wildman–Crippen MR) is 77.8 cm³/mol. The summed E-state index contributed by atoms with van der Waals surface area (Å²) < 4.78 is 0.795. The van der Waals surface area contributed by atoms with Crippen LogP contribution in [0.15, 0.2) is 27.6 Å². The molecule has 17 heavy (non-hydrogen) atoms. The zero-order valence-corrected chi connectivity index (χ0v) is 12.9. The molecule has 0 bridgehead atoms. The second-order valence-electron chi connectivity index (χ2n) is 5.23. The molecule has 0 fully saturated rings. The van der Waals surface area contributed by atoms with Crippen LogP contribution in [0.4, 0.5) is 0 Å². The highest BCUT2D eigenvalue weighted by Gasteiger charge is 2.13. The van der Waals surface area contributed by atoms with Crippen LogP contribution in [0.2, 0.25) is 0 Å². The smallest absolute Gasteiger partial charge is 0.252 e. The zero-order chi connectivity index (χ0) is 13.1. The largest absolute Gasteiger partial charge is 0.352 e. The van der Waals surface area contributed by atoms with E-state index in [1.54, 1.807) is 6.07 Å². The molecule has 1 aromatic rings. The number of hydrogen-bond acceptors (Lipinski definition) is 2. The summed E-state index contributed by atoms with van der Waals surface area (Å²) in [4.78, 5) is 12.7. The summed E-state index contributed by atoms with van der Waals surface area (Å²) in [7, 11) is 0. The van der Waals surface area contributed by atoms with E-state index in [0.29, 0.717) is 12.1 Å². The molecule has 0 heterocycles. The summed E-state index contributed by atoms with van der Waals surface area (Å²) in [6, 6.07) is 5.44. The van der Waals surface area contributed by atoms with Crippen molar-refractivity contribution in [3.05, 3.63) is 28.2 Å². The van der Waals surface area contributed by atoms with Crippen LogP contribution in [0, 0.1) is 5.41 Å². The van der Waals surface area contributed by atoms with Gasteiger partial charge in [-0.1, -0.05) is 20.8 Å². The lowest BCUT2D eigenvalue weighted by atomic mass is 9.92. The topological polar surface area (TPSA) is 29.1 Å². The molecule has 1 N–H and O–H groups in total. The van der Waals surface area contributed by atoms with Crippen molar-refractivity contribution in [2.75, 3.05) is 6.54 Å². The van der Waals surface area contributed by atoms with Gasteiger partial charge in [0.25, 0.3) is 5.91 Å². The molecule has 0 radical (unpaired) electrons. The van der Waals surface area contributed by atoms with Crippen molar-refractivity contribution in [3.8, 4) is 0 Å². The summed E-state index contributed by atoms with van der Waals surface area (Å²) in [5.74, 6) is -0.0583. The summed E-state index contributed by atoms with van der Waals surface area (Å²) in [5.41, 5.74) is 0.863. The Morgan fingerprint density at radius 2 is 2.06 bits per heavy atom. The average Bonchev–Trinajstić information content (AvgIpc) is 2.19. The fraction of sp³-hybridized carbons (Fsp3) is 0.462. The van der Waals surface area contributed by atoms with Gasteiger partial charge in [0, 0.05) is 15.9 Å². The maximum Gasteiger partial charge on any atom is 0.252 e. The van der Waals surface area contributed by atoms with Crippen molar-refractivity contribution >= 4 is 34.5 Å². The van der Waals surface area contributed by atoms with E-state index in [1.165, 1.54) is 0 Å². The maximum atomic E-state index is 11.9. The Bertz CT molecular complexity index is 412. The van der Waals surface area contributed by atoms with E-state index in [9.17, 15) is 4.79 Å². The number of thiol groups is 1. The first kappa shape index (κ1) is 14.6. The Kier molecular flexibility index (Phi) is 5.07. The third-order valence-electron chi connectivity index (χ3n) is 2.36. The van der Waals surface area contributed by atoms with Crippen molar-refractivity contribution in [1.82, 2.24) is 5.32 Å². The molecular weight excluding hydrogens is 298 g/mol. The lowest BCUT2D eigenvalue weighted by Gasteiger charge is -2.18. The fourth-order valence-electron chi connectivity index (χ4n) is 1.33. The number of rotatable bonds is 3. The van der Waals surface area contributed by atoms with Gasteiger partial charge in [0.15, 0.2) is 0 Å². The van der Waals surface area contributed by atoms with E-state index < -0.39 is 0 Å². The number of nitrogens with one attached hydrogen (secondary N) is 1. The molecule has 94 valence electrons. The average molecular weight is 316 g/mol. The third-order valence-corrected chi connectivity index (χ3v) is 3.32. The summed E-state index contributed by atoms with van der Waals surface area (Å²) in [5, 5.41) is 2.92. The highest BCUT2D eigenvalue weighted by atomic mass is 79.9. The van der Waals surface area contributed by atoms with E-state index in [0.717, 1.165) is 15.8 Å². The molecule has 0 aliphatic heterocycles. The van der Waals surface area contributed by atoms with E-state index >= 15 is 0 Å². The minimum absolute atomic E-state index is 0.0583. The SMILES string of the molecule is CC(C)(C)CCNC(=O)c1cc(S)ccc1Br. The van der Waals surface area contributed by atoms with E-state index in [2.05, 4.69) is 54.6 Å². The number of halogens is 1. The molecule has 0 saturated heterocycles. The van der Waals surface area contributed by atoms with Gasteiger partial charge in [0.2, 0.25) is 0 Å². The van der Waals surface area contributed by atoms with Crippen molar-refractivity contribution in [2.24, 2.45) is 5.41 Å².